The number of carbonyl (C=O) groups excluding carboxylic acids is 1. The SMILES string of the molecule is COC(=O)NN(C(=O)O)C(C)(C)C. The summed E-state index contributed by atoms with van der Waals surface area (Å²) < 4.78 is 4.27. The highest BCUT2D eigenvalue weighted by Gasteiger charge is 2.28. The van der Waals surface area contributed by atoms with E-state index in [0.29, 0.717) is 0 Å². The molecule has 0 saturated carbocycles. The minimum atomic E-state index is -1.24. The Kier molecular flexibility index (Phi) is 3.53. The molecule has 0 rings (SSSR count). The van der Waals surface area contributed by atoms with E-state index >= 15 is 0 Å². The zero-order valence-electron chi connectivity index (χ0n) is 8.12. The van der Waals surface area contributed by atoms with Crippen molar-refractivity contribution in [2.45, 2.75) is 26.3 Å². The van der Waals surface area contributed by atoms with E-state index in [4.69, 9.17) is 5.11 Å². The van der Waals surface area contributed by atoms with Gasteiger partial charge in [0.05, 0.1) is 12.6 Å². The van der Waals surface area contributed by atoms with Crippen LogP contribution in [0.3, 0.4) is 0 Å². The Bertz CT molecular complexity index is 209. The van der Waals surface area contributed by atoms with E-state index in [2.05, 4.69) is 10.2 Å². The van der Waals surface area contributed by atoms with Crippen molar-refractivity contribution in [3.8, 4) is 0 Å². The lowest BCUT2D eigenvalue weighted by atomic mass is 10.1. The van der Waals surface area contributed by atoms with Gasteiger partial charge < -0.3 is 9.84 Å². The van der Waals surface area contributed by atoms with E-state index in [-0.39, 0.29) is 0 Å². The first-order valence-electron chi connectivity index (χ1n) is 3.67. The number of amides is 2. The molecule has 2 amide bonds. The Labute approximate surface area is 76.4 Å². The van der Waals surface area contributed by atoms with E-state index in [1.165, 1.54) is 0 Å². The van der Waals surface area contributed by atoms with E-state index < -0.39 is 17.7 Å². The van der Waals surface area contributed by atoms with Gasteiger partial charge in [0, 0.05) is 0 Å². The van der Waals surface area contributed by atoms with Crippen LogP contribution in [0.2, 0.25) is 0 Å². The number of rotatable bonds is 0. The Morgan fingerprint density at radius 3 is 2.08 bits per heavy atom. The van der Waals surface area contributed by atoms with Gasteiger partial charge in [0.25, 0.3) is 0 Å². The molecule has 0 bridgehead atoms. The zero-order chi connectivity index (χ0) is 10.6. The first-order valence-corrected chi connectivity index (χ1v) is 3.67. The lowest BCUT2D eigenvalue weighted by molar-refractivity contribution is 0.0573. The molecular weight excluding hydrogens is 176 g/mol. The van der Waals surface area contributed by atoms with E-state index in [1.54, 1.807) is 20.8 Å². The van der Waals surface area contributed by atoms with Crippen LogP contribution in [0.5, 0.6) is 0 Å². The molecule has 0 aliphatic carbocycles. The molecule has 0 saturated heterocycles. The first kappa shape index (κ1) is 11.5. The molecule has 6 nitrogen and oxygen atoms in total. The standard InChI is InChI=1S/C7H14N2O4/c1-7(2,3)9(6(11)12)8-5(10)13-4/h1-4H3,(H,8,10)(H,11,12). The average Bonchev–Trinajstić information content (AvgIpc) is 1.96. The predicted octanol–water partition coefficient (Wildman–Crippen LogP) is 1.04. The molecule has 0 aromatic heterocycles. The van der Waals surface area contributed by atoms with E-state index in [9.17, 15) is 9.59 Å². The second kappa shape index (κ2) is 3.97. The Hall–Kier alpha value is -1.46. The van der Waals surface area contributed by atoms with Crippen molar-refractivity contribution in [3.63, 3.8) is 0 Å². The minimum absolute atomic E-state index is 0.708. The summed E-state index contributed by atoms with van der Waals surface area (Å²) in [6.45, 7) is 4.95. The molecule has 0 spiro atoms. The molecule has 0 radical (unpaired) electrons. The lowest BCUT2D eigenvalue weighted by Crippen LogP contribution is -2.55. The largest absolute Gasteiger partial charge is 0.464 e. The molecule has 76 valence electrons. The Balaban J connectivity index is 4.46. The van der Waals surface area contributed by atoms with Gasteiger partial charge in [0.1, 0.15) is 0 Å². The molecule has 0 fully saturated rings. The summed E-state index contributed by atoms with van der Waals surface area (Å²) in [5, 5.41) is 9.49. The second-order valence-electron chi connectivity index (χ2n) is 3.39. The molecule has 0 aliphatic rings. The number of carbonyl (C=O) groups is 2. The van der Waals surface area contributed by atoms with Crippen LogP contribution in [0.15, 0.2) is 0 Å². The summed E-state index contributed by atoms with van der Waals surface area (Å²) in [6.07, 6.45) is -2.05. The van der Waals surface area contributed by atoms with Crippen molar-refractivity contribution in [2.75, 3.05) is 7.11 Å². The summed E-state index contributed by atoms with van der Waals surface area (Å²) in [4.78, 5) is 21.4. The van der Waals surface area contributed by atoms with E-state index in [1.807, 2.05) is 0 Å². The maximum absolute atomic E-state index is 10.7. The highest BCUT2D eigenvalue weighted by Crippen LogP contribution is 2.10. The van der Waals surface area contributed by atoms with Gasteiger partial charge >= 0.3 is 12.2 Å². The Morgan fingerprint density at radius 2 is 1.85 bits per heavy atom. The van der Waals surface area contributed by atoms with Crippen molar-refractivity contribution >= 4 is 12.2 Å². The smallest absolute Gasteiger partial charge is 0.426 e. The highest BCUT2D eigenvalue weighted by atomic mass is 16.5. The van der Waals surface area contributed by atoms with Crippen molar-refractivity contribution in [2.24, 2.45) is 0 Å². The molecule has 6 heteroatoms. The molecule has 0 aliphatic heterocycles. The average molecular weight is 190 g/mol. The molecule has 13 heavy (non-hydrogen) atoms. The minimum Gasteiger partial charge on any atom is -0.464 e. The fraction of sp³-hybridized carbons (Fsp3) is 0.714. The van der Waals surface area contributed by atoms with Gasteiger partial charge in [-0.1, -0.05) is 0 Å². The number of methoxy groups -OCH3 is 1. The molecule has 0 heterocycles. The van der Waals surface area contributed by atoms with Crippen LogP contribution in [0.4, 0.5) is 9.59 Å². The van der Waals surface area contributed by atoms with Crippen LogP contribution in [0, 0.1) is 0 Å². The van der Waals surface area contributed by atoms with Crippen molar-refractivity contribution in [3.05, 3.63) is 0 Å². The monoisotopic (exact) mass is 190 g/mol. The zero-order valence-corrected chi connectivity index (χ0v) is 8.12. The number of ether oxygens (including phenoxy) is 1. The van der Waals surface area contributed by atoms with Crippen molar-refractivity contribution in [1.82, 2.24) is 10.4 Å². The summed E-state index contributed by atoms with van der Waals surface area (Å²) in [5.41, 5.74) is 1.37. The maximum Gasteiger partial charge on any atom is 0.426 e. The summed E-state index contributed by atoms with van der Waals surface area (Å²) in [7, 11) is 1.16. The number of nitrogens with one attached hydrogen (secondary N) is 1. The van der Waals surface area contributed by atoms with Gasteiger partial charge in [0.2, 0.25) is 0 Å². The third kappa shape index (κ3) is 3.64. The van der Waals surface area contributed by atoms with Gasteiger partial charge in [0.15, 0.2) is 0 Å². The van der Waals surface area contributed by atoms with Crippen molar-refractivity contribution in [1.29, 1.82) is 0 Å². The summed E-state index contributed by atoms with van der Waals surface area (Å²) in [5.74, 6) is 0. The van der Waals surface area contributed by atoms with Gasteiger partial charge in [-0.2, -0.15) is 0 Å². The van der Waals surface area contributed by atoms with Crippen LogP contribution in [0.1, 0.15) is 20.8 Å². The van der Waals surface area contributed by atoms with Gasteiger partial charge in [-0.3, -0.25) is 0 Å². The van der Waals surface area contributed by atoms with Crippen molar-refractivity contribution < 1.29 is 19.4 Å². The third-order valence-electron chi connectivity index (χ3n) is 1.25. The van der Waals surface area contributed by atoms with Crippen LogP contribution < -0.4 is 5.43 Å². The molecule has 0 aromatic rings. The molecule has 0 unspecified atom stereocenters. The number of hydrogen-bond acceptors (Lipinski definition) is 3. The fourth-order valence-corrected chi connectivity index (χ4v) is 0.639. The number of hydrogen-bond donors (Lipinski definition) is 2. The van der Waals surface area contributed by atoms with Gasteiger partial charge in [-0.25, -0.2) is 20.0 Å². The predicted molar refractivity (Wildman–Crippen MR) is 45.2 cm³/mol. The second-order valence-corrected chi connectivity index (χ2v) is 3.39. The highest BCUT2D eigenvalue weighted by molar-refractivity contribution is 5.73. The Morgan fingerprint density at radius 1 is 1.38 bits per heavy atom. The molecule has 0 atom stereocenters. The molecule has 0 aromatic carbocycles. The topological polar surface area (TPSA) is 78.9 Å². The van der Waals surface area contributed by atoms with Gasteiger partial charge in [-0.15, -0.1) is 0 Å². The lowest BCUT2D eigenvalue weighted by Gasteiger charge is -2.31. The van der Waals surface area contributed by atoms with E-state index in [0.717, 1.165) is 12.1 Å². The maximum atomic E-state index is 10.7. The van der Waals surface area contributed by atoms with Crippen LogP contribution in [-0.4, -0.2) is 35.0 Å². The van der Waals surface area contributed by atoms with Crippen LogP contribution in [-0.2, 0) is 4.74 Å². The molecule has 2 N–H and O–H groups in total. The van der Waals surface area contributed by atoms with Crippen LogP contribution >= 0.6 is 0 Å². The molecular formula is C7H14N2O4. The van der Waals surface area contributed by atoms with Crippen LogP contribution in [0.25, 0.3) is 0 Å². The number of nitrogens with zero attached hydrogens (tertiary/aromatic N) is 1. The first-order chi connectivity index (χ1) is 5.79. The third-order valence-corrected chi connectivity index (χ3v) is 1.25. The normalized spacial score (nSPS) is 10.5. The summed E-state index contributed by atoms with van der Waals surface area (Å²) in [6, 6.07) is 0. The van der Waals surface area contributed by atoms with Gasteiger partial charge in [-0.05, 0) is 20.8 Å². The fourth-order valence-electron chi connectivity index (χ4n) is 0.639. The summed E-state index contributed by atoms with van der Waals surface area (Å²) >= 11 is 0. The quantitative estimate of drug-likeness (QED) is 0.559. The number of carboxylic acid groups (broad SMARTS) is 1. The number of hydrazine groups is 1.